The van der Waals surface area contributed by atoms with Crippen molar-refractivity contribution in [1.29, 1.82) is 0 Å². The van der Waals surface area contributed by atoms with Crippen LogP contribution in [-0.2, 0) is 0 Å². The van der Waals surface area contributed by atoms with Gasteiger partial charge in [-0.25, -0.2) is 9.99 Å². The lowest BCUT2D eigenvalue weighted by Gasteiger charge is -2.11. The summed E-state index contributed by atoms with van der Waals surface area (Å²) in [6.07, 6.45) is 3.33. The summed E-state index contributed by atoms with van der Waals surface area (Å²) >= 11 is 0. The number of hydrogen-bond acceptors (Lipinski definition) is 3. The summed E-state index contributed by atoms with van der Waals surface area (Å²) in [7, 11) is 0. The minimum absolute atomic E-state index is 0.785. The van der Waals surface area contributed by atoms with Crippen LogP contribution in [-0.4, -0.2) is 11.2 Å². The molecule has 1 aromatic heterocycles. The molecule has 13 heavy (non-hydrogen) atoms. The number of aryl methyl sites for hydroxylation is 1. The van der Waals surface area contributed by atoms with Crippen molar-refractivity contribution in [3.05, 3.63) is 36.7 Å². The summed E-state index contributed by atoms with van der Waals surface area (Å²) in [5, 5.41) is 5.71. The molecule has 0 fully saturated rings. The maximum Gasteiger partial charge on any atom is 0.153 e. The maximum atomic E-state index is 4.30. The molecule has 3 heteroatoms. The molecule has 0 aliphatic rings. The van der Waals surface area contributed by atoms with Crippen LogP contribution in [0.5, 0.6) is 0 Å². The Morgan fingerprint density at radius 1 is 1.54 bits per heavy atom. The number of rotatable bonds is 3. The Kier molecular flexibility index (Phi) is 3.20. The molecule has 0 unspecified atom stereocenters. The second kappa shape index (κ2) is 4.40. The average Bonchev–Trinajstić information content (AvgIpc) is 2.14. The Bertz CT molecular complexity index is 318. The van der Waals surface area contributed by atoms with Gasteiger partial charge in [0.25, 0.3) is 0 Å². The van der Waals surface area contributed by atoms with Gasteiger partial charge in [-0.1, -0.05) is 12.6 Å². The van der Waals surface area contributed by atoms with E-state index < -0.39 is 0 Å². The predicted octanol–water partition coefficient (Wildman–Crippen LogP) is 2.35. The molecule has 0 atom stereocenters. The fourth-order valence-corrected chi connectivity index (χ4v) is 0.980. The molecule has 68 valence electrons. The first kappa shape index (κ1) is 9.45. The largest absolute Gasteiger partial charge is 0.234 e. The van der Waals surface area contributed by atoms with Crippen molar-refractivity contribution in [2.75, 3.05) is 5.01 Å². The summed E-state index contributed by atoms with van der Waals surface area (Å²) in [5.41, 5.74) is 0.968. The summed E-state index contributed by atoms with van der Waals surface area (Å²) in [4.78, 5) is 4.30. The number of hydrogen-bond donors (Lipinski definition) is 0. The van der Waals surface area contributed by atoms with E-state index in [1.165, 1.54) is 0 Å². The Hall–Kier alpha value is -1.64. The van der Waals surface area contributed by atoms with Gasteiger partial charge in [0, 0.05) is 18.1 Å². The van der Waals surface area contributed by atoms with Crippen LogP contribution in [0, 0.1) is 6.92 Å². The predicted molar refractivity (Wildman–Crippen MR) is 55.8 cm³/mol. The maximum absolute atomic E-state index is 4.30. The molecular formula is C10H13N3. The highest BCUT2D eigenvalue weighted by molar-refractivity contribution is 5.57. The third kappa shape index (κ3) is 2.40. The highest BCUT2D eigenvalue weighted by Crippen LogP contribution is 2.11. The second-order valence-corrected chi connectivity index (χ2v) is 2.54. The molecule has 0 saturated carbocycles. The minimum Gasteiger partial charge on any atom is -0.234 e. The van der Waals surface area contributed by atoms with E-state index in [9.17, 15) is 0 Å². The van der Waals surface area contributed by atoms with E-state index in [2.05, 4.69) is 16.7 Å². The molecule has 0 aromatic carbocycles. The minimum atomic E-state index is 0.785. The van der Waals surface area contributed by atoms with E-state index >= 15 is 0 Å². The number of nitrogens with zero attached hydrogens (tertiary/aromatic N) is 3. The third-order valence-corrected chi connectivity index (χ3v) is 1.52. The van der Waals surface area contributed by atoms with Crippen LogP contribution in [0.1, 0.15) is 12.6 Å². The van der Waals surface area contributed by atoms with E-state index in [0.717, 1.165) is 11.5 Å². The molecule has 0 bridgehead atoms. The molecular weight excluding hydrogens is 162 g/mol. The van der Waals surface area contributed by atoms with E-state index in [1.54, 1.807) is 17.4 Å². The van der Waals surface area contributed by atoms with Gasteiger partial charge >= 0.3 is 0 Å². The molecule has 0 amide bonds. The Balaban J connectivity index is 2.97. The molecule has 0 aliphatic heterocycles. The molecule has 1 heterocycles. The average molecular weight is 175 g/mol. The zero-order chi connectivity index (χ0) is 9.68. The summed E-state index contributed by atoms with van der Waals surface area (Å²) in [6, 6.07) is 5.78. The van der Waals surface area contributed by atoms with Gasteiger partial charge in [0.15, 0.2) is 5.82 Å². The number of aromatic nitrogens is 1. The topological polar surface area (TPSA) is 28.5 Å². The second-order valence-electron chi connectivity index (χ2n) is 2.54. The molecule has 0 saturated heterocycles. The molecule has 0 N–H and O–H groups in total. The molecule has 3 nitrogen and oxygen atoms in total. The smallest absolute Gasteiger partial charge is 0.153 e. The zero-order valence-corrected chi connectivity index (χ0v) is 7.94. The first-order chi connectivity index (χ1) is 6.27. The molecule has 1 aromatic rings. The van der Waals surface area contributed by atoms with Gasteiger partial charge in [-0.3, -0.25) is 0 Å². The summed E-state index contributed by atoms with van der Waals surface area (Å²) in [6.45, 7) is 7.46. The molecule has 0 aliphatic carbocycles. The van der Waals surface area contributed by atoms with Crippen LogP contribution in [0.15, 0.2) is 36.1 Å². The number of hydrazone groups is 1. The van der Waals surface area contributed by atoms with Crippen LogP contribution < -0.4 is 5.01 Å². The lowest BCUT2D eigenvalue weighted by Crippen LogP contribution is -2.08. The zero-order valence-electron chi connectivity index (χ0n) is 7.94. The lowest BCUT2D eigenvalue weighted by atomic mass is 10.4. The number of pyridine rings is 1. The van der Waals surface area contributed by atoms with Gasteiger partial charge in [0.05, 0.1) is 0 Å². The Morgan fingerprint density at radius 2 is 2.31 bits per heavy atom. The van der Waals surface area contributed by atoms with Crippen LogP contribution in [0.25, 0.3) is 0 Å². The fourth-order valence-electron chi connectivity index (χ4n) is 0.980. The molecule has 0 radical (unpaired) electrons. The van der Waals surface area contributed by atoms with E-state index in [-0.39, 0.29) is 0 Å². The Labute approximate surface area is 78.4 Å². The monoisotopic (exact) mass is 175 g/mol. The quantitative estimate of drug-likeness (QED) is 0.521. The molecule has 1 rings (SSSR count). The van der Waals surface area contributed by atoms with Crippen molar-refractivity contribution in [2.24, 2.45) is 5.10 Å². The Morgan fingerprint density at radius 3 is 2.85 bits per heavy atom. The first-order valence-electron chi connectivity index (χ1n) is 4.12. The van der Waals surface area contributed by atoms with Crippen molar-refractivity contribution < 1.29 is 0 Å². The molecule has 0 spiro atoms. The first-order valence-corrected chi connectivity index (χ1v) is 4.12. The SMILES string of the molecule is C=CN(/N=C\C)c1cccc(C)n1. The van der Waals surface area contributed by atoms with Gasteiger partial charge in [-0.2, -0.15) is 5.10 Å². The van der Waals surface area contributed by atoms with E-state index in [4.69, 9.17) is 0 Å². The van der Waals surface area contributed by atoms with Gasteiger partial charge < -0.3 is 0 Å². The summed E-state index contributed by atoms with van der Waals surface area (Å²) < 4.78 is 0. The van der Waals surface area contributed by atoms with Crippen LogP contribution >= 0.6 is 0 Å². The summed E-state index contributed by atoms with van der Waals surface area (Å²) in [5.74, 6) is 0.785. The van der Waals surface area contributed by atoms with Gasteiger partial charge in [0.2, 0.25) is 0 Å². The van der Waals surface area contributed by atoms with Crippen molar-refractivity contribution >= 4 is 12.0 Å². The van der Waals surface area contributed by atoms with Crippen LogP contribution in [0.3, 0.4) is 0 Å². The van der Waals surface area contributed by atoms with Crippen molar-refractivity contribution in [2.45, 2.75) is 13.8 Å². The van der Waals surface area contributed by atoms with Gasteiger partial charge in [-0.15, -0.1) is 0 Å². The lowest BCUT2D eigenvalue weighted by molar-refractivity contribution is 1.02. The van der Waals surface area contributed by atoms with E-state index in [1.807, 2.05) is 32.0 Å². The standard InChI is InChI=1S/C10H13N3/c1-4-11-13(5-2)10-8-6-7-9(3)12-10/h4-8H,2H2,1,3H3/b11-4-. The van der Waals surface area contributed by atoms with Crippen molar-refractivity contribution in [1.82, 2.24) is 4.98 Å². The van der Waals surface area contributed by atoms with Crippen molar-refractivity contribution in [3.63, 3.8) is 0 Å². The van der Waals surface area contributed by atoms with Crippen molar-refractivity contribution in [3.8, 4) is 0 Å². The fraction of sp³-hybridized carbons (Fsp3) is 0.200. The van der Waals surface area contributed by atoms with Gasteiger partial charge in [0.1, 0.15) is 0 Å². The van der Waals surface area contributed by atoms with Crippen LogP contribution in [0.4, 0.5) is 5.82 Å². The van der Waals surface area contributed by atoms with Gasteiger partial charge in [-0.05, 0) is 26.0 Å². The highest BCUT2D eigenvalue weighted by atomic mass is 15.5. The normalized spacial score (nSPS) is 10.3. The third-order valence-electron chi connectivity index (χ3n) is 1.52. The highest BCUT2D eigenvalue weighted by Gasteiger charge is 1.99. The van der Waals surface area contributed by atoms with Crippen LogP contribution in [0.2, 0.25) is 0 Å². The number of anilines is 1. The van der Waals surface area contributed by atoms with E-state index in [0.29, 0.717) is 0 Å².